The van der Waals surface area contributed by atoms with Gasteiger partial charge in [0.15, 0.2) is 0 Å². The molecule has 0 N–H and O–H groups in total. The van der Waals surface area contributed by atoms with Gasteiger partial charge in [0.1, 0.15) is 36.6 Å². The second kappa shape index (κ2) is 15.5. The molecular formula is C40H35FINO5. The highest BCUT2D eigenvalue weighted by Crippen LogP contribution is 2.49. The molecule has 5 aromatic rings. The van der Waals surface area contributed by atoms with Crippen molar-refractivity contribution >= 4 is 40.2 Å². The van der Waals surface area contributed by atoms with Crippen LogP contribution in [-0.2, 0) is 27.5 Å². The van der Waals surface area contributed by atoms with Gasteiger partial charge in [0.05, 0.1) is 12.0 Å². The summed E-state index contributed by atoms with van der Waals surface area (Å²) in [5.74, 6) is 0.0154. The summed E-state index contributed by atoms with van der Waals surface area (Å²) < 4.78 is 33.1. The normalized spacial score (nSPS) is 16.1. The monoisotopic (exact) mass is 755 g/mol. The second-order valence-corrected chi connectivity index (χ2v) is 13.0. The number of esters is 1. The Balaban J connectivity index is 1.33. The van der Waals surface area contributed by atoms with Gasteiger partial charge in [-0.1, -0.05) is 72.8 Å². The van der Waals surface area contributed by atoms with Gasteiger partial charge in [-0.15, -0.1) is 0 Å². The number of β-lactam (4-membered cyclic amide) rings is 1. The van der Waals surface area contributed by atoms with E-state index < -0.39 is 18.0 Å². The smallest absolute Gasteiger partial charge is 0.303 e. The number of halogens is 2. The lowest BCUT2D eigenvalue weighted by molar-refractivity contribution is -0.147. The molecule has 244 valence electrons. The third kappa shape index (κ3) is 8.05. The van der Waals surface area contributed by atoms with Gasteiger partial charge < -0.3 is 19.1 Å². The Morgan fingerprint density at radius 3 is 2.06 bits per heavy atom. The number of hydrogen-bond donors (Lipinski definition) is 0. The molecule has 0 saturated carbocycles. The molecule has 1 fully saturated rings. The number of carbonyl (C=O) groups excluding carboxylic acids is 2. The molecule has 8 heteroatoms. The van der Waals surface area contributed by atoms with Crippen LogP contribution in [0.1, 0.15) is 54.2 Å². The highest BCUT2D eigenvalue weighted by atomic mass is 127. The van der Waals surface area contributed by atoms with Gasteiger partial charge in [0, 0.05) is 27.8 Å². The SMILES string of the molecule is CC(=O)OC(CC[C@H]1C(=O)N(c2ccc(I)cc2)[C@@H]1c1ccc(OCc2ccccc2)cc1OCc1ccccc1)c1ccc(F)cc1. The predicted octanol–water partition coefficient (Wildman–Crippen LogP) is 9.38. The molecule has 0 radical (unpaired) electrons. The van der Waals surface area contributed by atoms with Gasteiger partial charge in [0.25, 0.3) is 0 Å². The van der Waals surface area contributed by atoms with Crippen molar-refractivity contribution in [2.45, 2.75) is 45.1 Å². The van der Waals surface area contributed by atoms with Gasteiger partial charge >= 0.3 is 5.97 Å². The Bertz CT molecular complexity index is 1830. The first kappa shape index (κ1) is 33.2. The molecule has 48 heavy (non-hydrogen) atoms. The fraction of sp³-hybridized carbons (Fsp3) is 0.200. The lowest BCUT2D eigenvalue weighted by Gasteiger charge is -2.48. The van der Waals surface area contributed by atoms with Crippen molar-refractivity contribution in [2.75, 3.05) is 4.90 Å². The molecule has 3 atom stereocenters. The number of rotatable bonds is 13. The van der Waals surface area contributed by atoms with E-state index in [0.29, 0.717) is 43.1 Å². The molecule has 1 aliphatic heterocycles. The van der Waals surface area contributed by atoms with Crippen molar-refractivity contribution in [1.82, 2.24) is 0 Å². The standard InChI is InChI=1S/C40H35FINO5/c1-27(44)48-37(30-12-14-31(41)15-13-30)23-22-36-39(43(40(36)45)33-18-16-32(42)17-19-33)35-21-20-34(46-25-28-8-4-2-5-9-28)24-38(35)47-26-29-10-6-3-7-11-29/h2-21,24,36-37,39H,22-23,25-26H2,1H3/t36-,37?,39-/m1/s1. The van der Waals surface area contributed by atoms with Gasteiger partial charge in [-0.3, -0.25) is 9.59 Å². The summed E-state index contributed by atoms with van der Waals surface area (Å²) in [6, 6.07) is 39.1. The van der Waals surface area contributed by atoms with E-state index in [1.54, 1.807) is 12.1 Å². The lowest BCUT2D eigenvalue weighted by atomic mass is 9.78. The third-order valence-corrected chi connectivity index (χ3v) is 9.12. The Labute approximate surface area is 293 Å². The summed E-state index contributed by atoms with van der Waals surface area (Å²) in [6.07, 6.45) is 0.202. The zero-order valence-corrected chi connectivity index (χ0v) is 28.6. The quantitative estimate of drug-likeness (QED) is 0.0681. The average Bonchev–Trinajstić information content (AvgIpc) is 3.10. The van der Waals surface area contributed by atoms with Crippen LogP contribution in [0.4, 0.5) is 10.1 Å². The summed E-state index contributed by atoms with van der Waals surface area (Å²) in [5.41, 5.74) is 4.38. The molecular weight excluding hydrogens is 720 g/mol. The molecule has 1 heterocycles. The first-order valence-electron chi connectivity index (χ1n) is 15.8. The largest absolute Gasteiger partial charge is 0.489 e. The first-order chi connectivity index (χ1) is 23.4. The van der Waals surface area contributed by atoms with Crippen LogP contribution in [0.25, 0.3) is 0 Å². The lowest BCUT2D eigenvalue weighted by Crippen LogP contribution is -2.55. The highest BCUT2D eigenvalue weighted by Gasteiger charge is 2.49. The maximum atomic E-state index is 14.0. The van der Waals surface area contributed by atoms with Crippen molar-refractivity contribution in [2.24, 2.45) is 5.92 Å². The van der Waals surface area contributed by atoms with Crippen LogP contribution in [0, 0.1) is 15.3 Å². The average molecular weight is 756 g/mol. The fourth-order valence-electron chi connectivity index (χ4n) is 6.03. The van der Waals surface area contributed by atoms with Crippen LogP contribution < -0.4 is 14.4 Å². The van der Waals surface area contributed by atoms with E-state index in [0.717, 1.165) is 25.9 Å². The van der Waals surface area contributed by atoms with Crippen molar-refractivity contribution < 1.29 is 28.2 Å². The van der Waals surface area contributed by atoms with Crippen molar-refractivity contribution in [1.29, 1.82) is 0 Å². The van der Waals surface area contributed by atoms with E-state index in [1.165, 1.54) is 19.1 Å². The molecule has 0 spiro atoms. The Morgan fingerprint density at radius 1 is 0.812 bits per heavy atom. The molecule has 0 aromatic heterocycles. The molecule has 5 aromatic carbocycles. The Kier molecular flexibility index (Phi) is 10.7. The van der Waals surface area contributed by atoms with E-state index in [1.807, 2.05) is 108 Å². The zero-order chi connectivity index (χ0) is 33.5. The van der Waals surface area contributed by atoms with Crippen LogP contribution in [0.3, 0.4) is 0 Å². The molecule has 0 aliphatic carbocycles. The van der Waals surface area contributed by atoms with E-state index in [-0.39, 0.29) is 17.8 Å². The summed E-state index contributed by atoms with van der Waals surface area (Å²) in [7, 11) is 0. The van der Waals surface area contributed by atoms with Crippen molar-refractivity contribution in [3.63, 3.8) is 0 Å². The van der Waals surface area contributed by atoms with Crippen LogP contribution in [0.5, 0.6) is 11.5 Å². The number of nitrogens with zero attached hydrogens (tertiary/aromatic N) is 1. The first-order valence-corrected chi connectivity index (χ1v) is 16.9. The van der Waals surface area contributed by atoms with Gasteiger partial charge in [-0.05, 0) is 101 Å². The highest BCUT2D eigenvalue weighted by molar-refractivity contribution is 14.1. The van der Waals surface area contributed by atoms with Crippen LogP contribution in [0.15, 0.2) is 127 Å². The zero-order valence-electron chi connectivity index (χ0n) is 26.4. The fourth-order valence-corrected chi connectivity index (χ4v) is 6.39. The molecule has 6 nitrogen and oxygen atoms in total. The Hall–Kier alpha value is -4.70. The van der Waals surface area contributed by atoms with Crippen LogP contribution >= 0.6 is 22.6 Å². The van der Waals surface area contributed by atoms with E-state index in [4.69, 9.17) is 14.2 Å². The van der Waals surface area contributed by atoms with E-state index in [2.05, 4.69) is 22.6 Å². The topological polar surface area (TPSA) is 65.1 Å². The number of ether oxygens (including phenoxy) is 3. The van der Waals surface area contributed by atoms with Gasteiger partial charge in [0.2, 0.25) is 5.91 Å². The molecule has 1 unspecified atom stereocenters. The van der Waals surface area contributed by atoms with Crippen molar-refractivity contribution in [3.8, 4) is 11.5 Å². The maximum absolute atomic E-state index is 14.0. The number of benzene rings is 5. The number of hydrogen-bond acceptors (Lipinski definition) is 5. The summed E-state index contributed by atoms with van der Waals surface area (Å²) in [4.78, 5) is 27.8. The van der Waals surface area contributed by atoms with E-state index >= 15 is 0 Å². The third-order valence-electron chi connectivity index (χ3n) is 8.40. The summed E-state index contributed by atoms with van der Waals surface area (Å²) in [5, 5.41) is 0. The van der Waals surface area contributed by atoms with Crippen molar-refractivity contribution in [3.05, 3.63) is 159 Å². The molecule has 1 aliphatic rings. The molecule has 1 saturated heterocycles. The maximum Gasteiger partial charge on any atom is 0.303 e. The number of anilines is 1. The number of amides is 1. The summed E-state index contributed by atoms with van der Waals surface area (Å²) in [6.45, 7) is 2.09. The van der Waals surface area contributed by atoms with Crippen LogP contribution in [0.2, 0.25) is 0 Å². The van der Waals surface area contributed by atoms with Gasteiger partial charge in [-0.2, -0.15) is 0 Å². The molecule has 0 bridgehead atoms. The minimum absolute atomic E-state index is 0.0275. The van der Waals surface area contributed by atoms with E-state index in [9.17, 15) is 14.0 Å². The number of carbonyl (C=O) groups is 2. The Morgan fingerprint density at radius 2 is 1.44 bits per heavy atom. The van der Waals surface area contributed by atoms with Crippen LogP contribution in [-0.4, -0.2) is 11.9 Å². The second-order valence-electron chi connectivity index (χ2n) is 11.7. The minimum atomic E-state index is -0.619. The predicted molar refractivity (Wildman–Crippen MR) is 191 cm³/mol. The summed E-state index contributed by atoms with van der Waals surface area (Å²) >= 11 is 2.25. The van der Waals surface area contributed by atoms with Gasteiger partial charge in [-0.25, -0.2) is 4.39 Å². The minimum Gasteiger partial charge on any atom is -0.489 e. The molecule has 6 rings (SSSR count). The molecule has 1 amide bonds.